The van der Waals surface area contributed by atoms with Crippen LogP contribution < -0.4 is 0 Å². The van der Waals surface area contributed by atoms with Gasteiger partial charge in [0.1, 0.15) is 0 Å². The van der Waals surface area contributed by atoms with Crippen molar-refractivity contribution in [3.63, 3.8) is 0 Å². The van der Waals surface area contributed by atoms with Crippen LogP contribution in [0.4, 0.5) is 0 Å². The Balaban J connectivity index is 2.10. The van der Waals surface area contributed by atoms with Crippen LogP contribution in [-0.2, 0) is 18.9 Å². The molecule has 0 aromatic heterocycles. The lowest BCUT2D eigenvalue weighted by molar-refractivity contribution is 0.0377. The Kier molecular flexibility index (Phi) is 16.5. The second kappa shape index (κ2) is 18.1. The van der Waals surface area contributed by atoms with Crippen LogP contribution in [0.1, 0.15) is 0 Å². The van der Waals surface area contributed by atoms with Gasteiger partial charge in [-0.05, 0) is 12.1 Å². The summed E-state index contributed by atoms with van der Waals surface area (Å²) in [5.41, 5.74) is 0. The smallest absolute Gasteiger partial charge is 0.0701 e. The Morgan fingerprint density at radius 2 is 0.962 bits per heavy atom. The molecular weight excluding hydrogens is 376 g/mol. The molecule has 0 saturated carbocycles. The maximum Gasteiger partial charge on any atom is 0.0701 e. The molecule has 0 aliphatic carbocycles. The largest absolute Gasteiger partial charge is 0.394 e. The van der Waals surface area contributed by atoms with Crippen molar-refractivity contribution >= 4 is 23.5 Å². The highest BCUT2D eigenvalue weighted by Gasteiger charge is 2.03. The van der Waals surface area contributed by atoms with Crippen molar-refractivity contribution in [2.45, 2.75) is 9.79 Å². The van der Waals surface area contributed by atoms with Crippen molar-refractivity contribution in [2.75, 3.05) is 77.6 Å². The fraction of sp³-hybridized carbons (Fsp3) is 0.667. The van der Waals surface area contributed by atoms with Crippen molar-refractivity contribution in [1.82, 2.24) is 0 Å². The van der Waals surface area contributed by atoms with E-state index in [-0.39, 0.29) is 13.2 Å². The third kappa shape index (κ3) is 12.9. The van der Waals surface area contributed by atoms with Crippen molar-refractivity contribution in [3.05, 3.63) is 24.3 Å². The van der Waals surface area contributed by atoms with Crippen LogP contribution in [-0.4, -0.2) is 87.8 Å². The lowest BCUT2D eigenvalue weighted by Crippen LogP contribution is -2.09. The van der Waals surface area contributed by atoms with E-state index in [1.807, 2.05) is 12.1 Å². The predicted molar refractivity (Wildman–Crippen MR) is 105 cm³/mol. The van der Waals surface area contributed by atoms with Gasteiger partial charge in [-0.15, -0.1) is 23.5 Å². The number of thioether (sulfide) groups is 2. The first-order valence-electron chi connectivity index (χ1n) is 8.75. The molecule has 0 aliphatic heterocycles. The van der Waals surface area contributed by atoms with Crippen LogP contribution in [0.15, 0.2) is 34.1 Å². The molecule has 150 valence electrons. The zero-order valence-electron chi connectivity index (χ0n) is 15.1. The molecule has 26 heavy (non-hydrogen) atoms. The Morgan fingerprint density at radius 1 is 0.577 bits per heavy atom. The number of aliphatic hydroxyl groups excluding tert-OH is 2. The van der Waals surface area contributed by atoms with Crippen LogP contribution >= 0.6 is 23.5 Å². The molecule has 0 saturated heterocycles. The van der Waals surface area contributed by atoms with Gasteiger partial charge >= 0.3 is 0 Å². The summed E-state index contributed by atoms with van der Waals surface area (Å²) in [4.78, 5) is 2.51. The summed E-state index contributed by atoms with van der Waals surface area (Å²) >= 11 is 3.56. The lowest BCUT2D eigenvalue weighted by atomic mass is 10.4. The van der Waals surface area contributed by atoms with Crippen molar-refractivity contribution < 1.29 is 29.2 Å². The van der Waals surface area contributed by atoms with Crippen LogP contribution in [0.2, 0.25) is 0 Å². The van der Waals surface area contributed by atoms with Gasteiger partial charge in [0.2, 0.25) is 0 Å². The number of aliphatic hydroxyl groups is 2. The van der Waals surface area contributed by atoms with E-state index >= 15 is 0 Å². The molecule has 0 heterocycles. The summed E-state index contributed by atoms with van der Waals surface area (Å²) in [6.45, 7) is 4.30. The van der Waals surface area contributed by atoms with Crippen LogP contribution in [0.5, 0.6) is 0 Å². The first kappa shape index (κ1) is 23.7. The van der Waals surface area contributed by atoms with Gasteiger partial charge in [-0.3, -0.25) is 0 Å². The Morgan fingerprint density at radius 3 is 1.35 bits per heavy atom. The molecule has 0 radical (unpaired) electrons. The van der Waals surface area contributed by atoms with Gasteiger partial charge in [0.05, 0.1) is 66.1 Å². The van der Waals surface area contributed by atoms with E-state index in [0.717, 1.165) is 11.5 Å². The second-order valence-corrected chi connectivity index (χ2v) is 7.31. The van der Waals surface area contributed by atoms with Crippen molar-refractivity contribution in [3.8, 4) is 0 Å². The Labute approximate surface area is 164 Å². The molecule has 8 heteroatoms. The van der Waals surface area contributed by atoms with Gasteiger partial charge in [-0.25, -0.2) is 0 Å². The minimum Gasteiger partial charge on any atom is -0.394 e. The maximum absolute atomic E-state index is 8.60. The number of ether oxygens (including phenoxy) is 4. The molecule has 0 spiro atoms. The third-order valence-electron chi connectivity index (χ3n) is 3.03. The van der Waals surface area contributed by atoms with E-state index in [1.165, 1.54) is 9.79 Å². The molecule has 0 fully saturated rings. The molecule has 0 atom stereocenters. The number of rotatable bonds is 18. The number of hydrogen-bond donors (Lipinski definition) is 2. The van der Waals surface area contributed by atoms with Crippen LogP contribution in [0, 0.1) is 0 Å². The SMILES string of the molecule is OCCOCCOCCSc1ccccc1SCCOCCOCCO. The fourth-order valence-corrected chi connectivity index (χ4v) is 3.85. The van der Waals surface area contributed by atoms with Crippen molar-refractivity contribution in [2.24, 2.45) is 0 Å². The van der Waals surface area contributed by atoms with E-state index in [1.54, 1.807) is 23.5 Å². The van der Waals surface area contributed by atoms with E-state index in [4.69, 9.17) is 29.2 Å². The lowest BCUT2D eigenvalue weighted by Gasteiger charge is -2.10. The highest BCUT2D eigenvalue weighted by Crippen LogP contribution is 2.30. The molecule has 6 nitrogen and oxygen atoms in total. The quantitative estimate of drug-likeness (QED) is 0.283. The molecule has 2 N–H and O–H groups in total. The van der Waals surface area contributed by atoms with Crippen LogP contribution in [0.25, 0.3) is 0 Å². The fourth-order valence-electron chi connectivity index (χ4n) is 1.88. The molecule has 0 aliphatic rings. The number of benzene rings is 1. The van der Waals surface area contributed by atoms with E-state index in [9.17, 15) is 0 Å². The summed E-state index contributed by atoms with van der Waals surface area (Å²) < 4.78 is 21.3. The zero-order valence-corrected chi connectivity index (χ0v) is 16.8. The van der Waals surface area contributed by atoms with E-state index in [2.05, 4.69) is 12.1 Å². The van der Waals surface area contributed by atoms with E-state index < -0.39 is 0 Å². The summed E-state index contributed by atoms with van der Waals surface area (Å²) in [6.07, 6.45) is 0. The summed E-state index contributed by atoms with van der Waals surface area (Å²) in [5.74, 6) is 1.77. The van der Waals surface area contributed by atoms with Crippen LogP contribution in [0.3, 0.4) is 0 Å². The minimum atomic E-state index is 0.0484. The Hall–Kier alpha value is -0.320. The summed E-state index contributed by atoms with van der Waals surface area (Å²) in [6, 6.07) is 8.35. The molecule has 0 amide bonds. The minimum absolute atomic E-state index is 0.0484. The molecule has 1 aromatic carbocycles. The molecule has 0 unspecified atom stereocenters. The average molecular weight is 407 g/mol. The molecule has 0 bridgehead atoms. The van der Waals surface area contributed by atoms with Gasteiger partial charge < -0.3 is 29.2 Å². The van der Waals surface area contributed by atoms with Gasteiger partial charge in [0, 0.05) is 21.3 Å². The average Bonchev–Trinajstić information content (AvgIpc) is 2.67. The Bertz CT molecular complexity index is 397. The monoisotopic (exact) mass is 406 g/mol. The molecular formula is C18H30O6S2. The first-order chi connectivity index (χ1) is 12.9. The summed E-state index contributed by atoms with van der Waals surface area (Å²) in [7, 11) is 0. The number of hydrogen-bond acceptors (Lipinski definition) is 8. The zero-order chi connectivity index (χ0) is 18.7. The molecule has 1 rings (SSSR count). The predicted octanol–water partition coefficient (Wildman–Crippen LogP) is 1.92. The summed E-state index contributed by atoms with van der Waals surface area (Å²) in [5, 5.41) is 17.2. The van der Waals surface area contributed by atoms with E-state index in [0.29, 0.717) is 52.9 Å². The second-order valence-electron chi connectivity index (χ2n) is 5.04. The van der Waals surface area contributed by atoms with Crippen molar-refractivity contribution in [1.29, 1.82) is 0 Å². The van der Waals surface area contributed by atoms with Gasteiger partial charge in [-0.1, -0.05) is 12.1 Å². The first-order valence-corrected chi connectivity index (χ1v) is 10.7. The maximum atomic E-state index is 8.60. The topological polar surface area (TPSA) is 77.4 Å². The third-order valence-corrected chi connectivity index (χ3v) is 5.24. The molecule has 1 aromatic rings. The highest BCUT2D eigenvalue weighted by atomic mass is 32.2. The highest BCUT2D eigenvalue weighted by molar-refractivity contribution is 8.02. The normalized spacial score (nSPS) is 11.2. The standard InChI is InChI=1S/C18H30O6S2/c19-5-7-21-9-11-23-13-15-25-17-3-1-2-4-18(17)26-16-14-24-12-10-22-8-6-20/h1-4,19-20H,5-16H2. The van der Waals surface area contributed by atoms with Gasteiger partial charge in [0.15, 0.2) is 0 Å². The van der Waals surface area contributed by atoms with Gasteiger partial charge in [-0.2, -0.15) is 0 Å². The van der Waals surface area contributed by atoms with Gasteiger partial charge in [0.25, 0.3) is 0 Å².